The summed E-state index contributed by atoms with van der Waals surface area (Å²) in [5.74, 6) is 0.375. The van der Waals surface area contributed by atoms with Gasteiger partial charge in [0.2, 0.25) is 5.91 Å². The second-order valence-corrected chi connectivity index (χ2v) is 7.70. The van der Waals surface area contributed by atoms with Gasteiger partial charge in [-0.25, -0.2) is 8.42 Å². The Bertz CT molecular complexity index is 523. The molecule has 112 valence electrons. The zero-order valence-corrected chi connectivity index (χ0v) is 13.1. The largest absolute Gasteiger partial charge is 0.355 e. The normalized spacial score (nSPS) is 13.2. The molecule has 0 radical (unpaired) electrons. The van der Waals surface area contributed by atoms with Gasteiger partial charge in [0.15, 0.2) is 0 Å². The number of benzene rings is 1. The van der Waals surface area contributed by atoms with Gasteiger partial charge in [0, 0.05) is 19.2 Å². The monoisotopic (exact) mass is 297 g/mol. The third-order valence-corrected chi connectivity index (χ3v) is 4.18. The summed E-state index contributed by atoms with van der Waals surface area (Å²) >= 11 is 0. The van der Waals surface area contributed by atoms with E-state index in [1.54, 1.807) is 0 Å². The quantitative estimate of drug-likeness (QED) is 0.837. The number of amides is 1. The number of carbonyl (C=O) groups is 1. The van der Waals surface area contributed by atoms with E-state index in [0.29, 0.717) is 12.3 Å². The average molecular weight is 297 g/mol. The van der Waals surface area contributed by atoms with Crippen molar-refractivity contribution < 1.29 is 13.2 Å². The van der Waals surface area contributed by atoms with Gasteiger partial charge < -0.3 is 5.32 Å². The SMILES string of the molecule is CC(C)C(CC(=O)NCCS(C)(=O)=O)c1ccccc1. The highest BCUT2D eigenvalue weighted by atomic mass is 32.2. The molecule has 1 rings (SSSR count). The van der Waals surface area contributed by atoms with Gasteiger partial charge in [-0.2, -0.15) is 0 Å². The Morgan fingerprint density at radius 2 is 1.80 bits per heavy atom. The highest BCUT2D eigenvalue weighted by Gasteiger charge is 2.19. The molecule has 0 bridgehead atoms. The Balaban J connectivity index is 2.57. The second kappa shape index (κ2) is 7.43. The van der Waals surface area contributed by atoms with Crippen LogP contribution in [0.4, 0.5) is 0 Å². The molecular formula is C15H23NO3S. The summed E-state index contributed by atoms with van der Waals surface area (Å²) in [6.07, 6.45) is 1.55. The lowest BCUT2D eigenvalue weighted by atomic mass is 9.85. The van der Waals surface area contributed by atoms with Crippen LogP contribution in [0.15, 0.2) is 30.3 Å². The highest BCUT2D eigenvalue weighted by molar-refractivity contribution is 7.90. The molecule has 1 aromatic rings. The second-order valence-electron chi connectivity index (χ2n) is 5.45. The van der Waals surface area contributed by atoms with Gasteiger partial charge in [-0.1, -0.05) is 44.2 Å². The van der Waals surface area contributed by atoms with Crippen molar-refractivity contribution in [3.05, 3.63) is 35.9 Å². The summed E-state index contributed by atoms with van der Waals surface area (Å²) in [6, 6.07) is 9.93. The van der Waals surface area contributed by atoms with Crippen LogP contribution in [0.2, 0.25) is 0 Å². The van der Waals surface area contributed by atoms with Crippen molar-refractivity contribution in [2.75, 3.05) is 18.6 Å². The first-order valence-electron chi connectivity index (χ1n) is 6.79. The molecule has 0 aliphatic rings. The molecule has 0 saturated heterocycles. The third-order valence-electron chi connectivity index (χ3n) is 3.23. The molecule has 0 aliphatic heterocycles. The van der Waals surface area contributed by atoms with Crippen LogP contribution in [-0.4, -0.2) is 32.9 Å². The first kappa shape index (κ1) is 16.7. The molecule has 1 atom stereocenters. The van der Waals surface area contributed by atoms with Crippen molar-refractivity contribution in [3.8, 4) is 0 Å². The minimum Gasteiger partial charge on any atom is -0.355 e. The van der Waals surface area contributed by atoms with Gasteiger partial charge in [0.05, 0.1) is 5.75 Å². The molecule has 20 heavy (non-hydrogen) atoms. The molecule has 0 spiro atoms. The van der Waals surface area contributed by atoms with Gasteiger partial charge >= 0.3 is 0 Å². The van der Waals surface area contributed by atoms with E-state index in [-0.39, 0.29) is 24.1 Å². The maximum absolute atomic E-state index is 11.9. The van der Waals surface area contributed by atoms with Crippen LogP contribution >= 0.6 is 0 Å². The fourth-order valence-corrected chi connectivity index (χ4v) is 2.56. The molecule has 1 aromatic carbocycles. The summed E-state index contributed by atoms with van der Waals surface area (Å²) in [7, 11) is -3.03. The van der Waals surface area contributed by atoms with Crippen LogP contribution in [-0.2, 0) is 14.6 Å². The molecular weight excluding hydrogens is 274 g/mol. The van der Waals surface area contributed by atoms with Crippen molar-refractivity contribution in [2.24, 2.45) is 5.92 Å². The highest BCUT2D eigenvalue weighted by Crippen LogP contribution is 2.27. The van der Waals surface area contributed by atoms with Crippen LogP contribution in [0.25, 0.3) is 0 Å². The molecule has 1 N–H and O–H groups in total. The number of carbonyl (C=O) groups excluding carboxylic acids is 1. The Morgan fingerprint density at radius 1 is 1.20 bits per heavy atom. The van der Waals surface area contributed by atoms with Crippen LogP contribution in [0.5, 0.6) is 0 Å². The van der Waals surface area contributed by atoms with E-state index in [9.17, 15) is 13.2 Å². The number of hydrogen-bond acceptors (Lipinski definition) is 3. The fraction of sp³-hybridized carbons (Fsp3) is 0.533. The number of sulfone groups is 1. The van der Waals surface area contributed by atoms with Crippen LogP contribution in [0.1, 0.15) is 31.7 Å². The number of nitrogens with one attached hydrogen (secondary N) is 1. The molecule has 0 heterocycles. The lowest BCUT2D eigenvalue weighted by Gasteiger charge is -2.20. The standard InChI is InChI=1S/C15H23NO3S/c1-12(2)14(13-7-5-4-6-8-13)11-15(17)16-9-10-20(3,18)19/h4-8,12,14H,9-11H2,1-3H3,(H,16,17). The smallest absolute Gasteiger partial charge is 0.220 e. The minimum atomic E-state index is -3.03. The van der Waals surface area contributed by atoms with Gasteiger partial charge in [-0.15, -0.1) is 0 Å². The van der Waals surface area contributed by atoms with E-state index in [0.717, 1.165) is 5.56 Å². The fourth-order valence-electron chi connectivity index (χ4n) is 2.09. The lowest BCUT2D eigenvalue weighted by Crippen LogP contribution is -2.30. The maximum Gasteiger partial charge on any atom is 0.220 e. The Hall–Kier alpha value is -1.36. The van der Waals surface area contributed by atoms with Crippen molar-refractivity contribution in [2.45, 2.75) is 26.2 Å². The average Bonchev–Trinajstić information content (AvgIpc) is 2.35. The Labute approximate surface area is 121 Å². The first-order chi connectivity index (χ1) is 9.29. The maximum atomic E-state index is 11.9. The van der Waals surface area contributed by atoms with E-state index >= 15 is 0 Å². The molecule has 1 unspecified atom stereocenters. The lowest BCUT2D eigenvalue weighted by molar-refractivity contribution is -0.121. The van der Waals surface area contributed by atoms with E-state index in [1.807, 2.05) is 30.3 Å². The van der Waals surface area contributed by atoms with Crippen molar-refractivity contribution in [3.63, 3.8) is 0 Å². The Morgan fingerprint density at radius 3 is 2.30 bits per heavy atom. The topological polar surface area (TPSA) is 63.2 Å². The summed E-state index contributed by atoms with van der Waals surface area (Å²) in [5.41, 5.74) is 1.14. The molecule has 5 heteroatoms. The van der Waals surface area contributed by atoms with Crippen LogP contribution < -0.4 is 5.32 Å². The number of hydrogen-bond donors (Lipinski definition) is 1. The molecule has 0 saturated carbocycles. The van der Waals surface area contributed by atoms with Crippen molar-refractivity contribution in [1.82, 2.24) is 5.32 Å². The van der Waals surface area contributed by atoms with Gasteiger partial charge in [0.25, 0.3) is 0 Å². The summed E-state index contributed by atoms with van der Waals surface area (Å²) < 4.78 is 22.0. The van der Waals surface area contributed by atoms with Gasteiger partial charge in [-0.05, 0) is 17.4 Å². The molecule has 4 nitrogen and oxygen atoms in total. The van der Waals surface area contributed by atoms with E-state index in [4.69, 9.17) is 0 Å². The molecule has 1 amide bonds. The summed E-state index contributed by atoms with van der Waals surface area (Å²) in [5, 5.41) is 2.68. The van der Waals surface area contributed by atoms with Crippen LogP contribution in [0.3, 0.4) is 0 Å². The third kappa shape index (κ3) is 6.19. The van der Waals surface area contributed by atoms with Gasteiger partial charge in [0.1, 0.15) is 9.84 Å². The zero-order valence-electron chi connectivity index (χ0n) is 12.3. The van der Waals surface area contributed by atoms with Crippen molar-refractivity contribution >= 4 is 15.7 Å². The molecule has 0 aliphatic carbocycles. The van der Waals surface area contributed by atoms with E-state index in [2.05, 4.69) is 19.2 Å². The van der Waals surface area contributed by atoms with Crippen molar-refractivity contribution in [1.29, 1.82) is 0 Å². The Kier molecular flexibility index (Phi) is 6.20. The predicted octanol–water partition coefficient (Wildman–Crippen LogP) is 1.98. The minimum absolute atomic E-state index is 0.0174. The first-order valence-corrected chi connectivity index (χ1v) is 8.85. The van der Waals surface area contributed by atoms with Gasteiger partial charge in [-0.3, -0.25) is 4.79 Å². The summed E-state index contributed by atoms with van der Waals surface area (Å²) in [4.78, 5) is 11.9. The van der Waals surface area contributed by atoms with E-state index < -0.39 is 9.84 Å². The summed E-state index contributed by atoms with van der Waals surface area (Å²) in [6.45, 7) is 4.35. The number of rotatable bonds is 7. The van der Waals surface area contributed by atoms with Crippen LogP contribution in [0, 0.1) is 5.92 Å². The predicted molar refractivity (Wildman–Crippen MR) is 81.4 cm³/mol. The van der Waals surface area contributed by atoms with E-state index in [1.165, 1.54) is 6.26 Å². The molecule has 0 fully saturated rings. The molecule has 0 aromatic heterocycles. The zero-order chi connectivity index (χ0) is 15.2.